The third-order valence-electron chi connectivity index (χ3n) is 1.61. The Kier molecular flexibility index (Phi) is 5.91. The van der Waals surface area contributed by atoms with Crippen LogP contribution in [0.2, 0.25) is 0 Å². The molecular weight excluding hydrogens is 241 g/mol. The SMILES string of the molecule is C=CC(=O)Nc1ccccc1S(=O)(=O)O.[H-].[Na+]. The van der Waals surface area contributed by atoms with E-state index >= 15 is 0 Å². The van der Waals surface area contributed by atoms with Crippen molar-refractivity contribution in [3.63, 3.8) is 0 Å². The van der Waals surface area contributed by atoms with Crippen molar-refractivity contribution in [2.24, 2.45) is 0 Å². The summed E-state index contributed by atoms with van der Waals surface area (Å²) in [5.74, 6) is -0.550. The third-order valence-corrected chi connectivity index (χ3v) is 2.52. The molecule has 1 amide bonds. The Morgan fingerprint density at radius 2 is 2.00 bits per heavy atom. The zero-order valence-corrected chi connectivity index (χ0v) is 11.5. The molecule has 0 aromatic heterocycles. The molecule has 0 saturated carbocycles. The molecule has 0 heterocycles. The minimum Gasteiger partial charge on any atom is -1.00 e. The second-order valence-electron chi connectivity index (χ2n) is 2.66. The average molecular weight is 251 g/mol. The first-order valence-electron chi connectivity index (χ1n) is 3.95. The van der Waals surface area contributed by atoms with Crippen molar-refractivity contribution < 1.29 is 48.7 Å². The van der Waals surface area contributed by atoms with Crippen LogP contribution in [0.25, 0.3) is 0 Å². The second-order valence-corrected chi connectivity index (χ2v) is 4.05. The summed E-state index contributed by atoms with van der Waals surface area (Å²) in [7, 11) is -4.34. The number of carbonyl (C=O) groups excluding carboxylic acids is 1. The van der Waals surface area contributed by atoms with Gasteiger partial charge in [0.1, 0.15) is 4.90 Å². The van der Waals surface area contributed by atoms with Crippen LogP contribution in [0.15, 0.2) is 41.8 Å². The second kappa shape index (κ2) is 6.17. The zero-order valence-electron chi connectivity index (χ0n) is 9.67. The smallest absolute Gasteiger partial charge is 1.00 e. The maximum atomic E-state index is 11.0. The van der Waals surface area contributed by atoms with E-state index in [2.05, 4.69) is 11.9 Å². The van der Waals surface area contributed by atoms with Crippen molar-refractivity contribution in [2.45, 2.75) is 4.90 Å². The molecule has 0 fully saturated rings. The quantitative estimate of drug-likeness (QED) is 0.376. The molecule has 1 aromatic carbocycles. The van der Waals surface area contributed by atoms with E-state index in [1.54, 1.807) is 0 Å². The topological polar surface area (TPSA) is 83.5 Å². The predicted molar refractivity (Wildman–Crippen MR) is 56.2 cm³/mol. The molecule has 2 N–H and O–H groups in total. The van der Waals surface area contributed by atoms with Crippen molar-refractivity contribution in [2.75, 3.05) is 5.32 Å². The molecule has 0 aliphatic heterocycles. The molecule has 0 spiro atoms. The van der Waals surface area contributed by atoms with Gasteiger partial charge in [0.25, 0.3) is 10.1 Å². The predicted octanol–water partition coefficient (Wildman–Crippen LogP) is -1.83. The van der Waals surface area contributed by atoms with Crippen LogP contribution in [-0.2, 0) is 14.9 Å². The summed E-state index contributed by atoms with van der Waals surface area (Å²) in [5, 5.41) is 2.27. The van der Waals surface area contributed by atoms with E-state index < -0.39 is 16.0 Å². The zero-order chi connectivity index (χ0) is 11.5. The van der Waals surface area contributed by atoms with Crippen molar-refractivity contribution >= 4 is 21.7 Å². The van der Waals surface area contributed by atoms with Crippen LogP contribution in [0.5, 0.6) is 0 Å². The normalized spacial score (nSPS) is 10.1. The summed E-state index contributed by atoms with van der Waals surface area (Å²) >= 11 is 0. The molecule has 5 nitrogen and oxygen atoms in total. The Morgan fingerprint density at radius 3 is 2.50 bits per heavy atom. The fraction of sp³-hybridized carbons (Fsp3) is 0. The molecule has 1 rings (SSSR count). The van der Waals surface area contributed by atoms with Gasteiger partial charge in [-0.25, -0.2) is 0 Å². The van der Waals surface area contributed by atoms with Crippen molar-refractivity contribution in [1.82, 2.24) is 0 Å². The van der Waals surface area contributed by atoms with E-state index in [1.165, 1.54) is 24.3 Å². The van der Waals surface area contributed by atoms with Gasteiger partial charge >= 0.3 is 29.6 Å². The fourth-order valence-electron chi connectivity index (χ4n) is 0.979. The third kappa shape index (κ3) is 4.07. The molecule has 0 saturated heterocycles. The van der Waals surface area contributed by atoms with Crippen LogP contribution < -0.4 is 34.9 Å². The van der Waals surface area contributed by atoms with Crippen LogP contribution in [0.4, 0.5) is 5.69 Å². The summed E-state index contributed by atoms with van der Waals surface area (Å²) in [5.41, 5.74) is 0.0184. The van der Waals surface area contributed by atoms with Gasteiger partial charge in [0.05, 0.1) is 5.69 Å². The maximum absolute atomic E-state index is 11.0. The molecule has 0 aliphatic carbocycles. The fourth-order valence-corrected chi connectivity index (χ4v) is 1.63. The van der Waals surface area contributed by atoms with Gasteiger partial charge in [-0.2, -0.15) is 8.42 Å². The van der Waals surface area contributed by atoms with Gasteiger partial charge in [-0.3, -0.25) is 9.35 Å². The molecule has 0 radical (unpaired) electrons. The molecule has 0 aliphatic rings. The van der Waals surface area contributed by atoms with Crippen molar-refractivity contribution in [1.29, 1.82) is 0 Å². The maximum Gasteiger partial charge on any atom is 1.00 e. The number of amides is 1. The summed E-state index contributed by atoms with van der Waals surface area (Å²) in [4.78, 5) is 10.6. The Labute approximate surface area is 117 Å². The van der Waals surface area contributed by atoms with E-state index in [0.717, 1.165) is 6.08 Å². The van der Waals surface area contributed by atoms with E-state index in [4.69, 9.17) is 4.55 Å². The number of carbonyl (C=O) groups is 1. The van der Waals surface area contributed by atoms with E-state index in [0.29, 0.717) is 0 Å². The van der Waals surface area contributed by atoms with Gasteiger partial charge in [-0.15, -0.1) is 0 Å². The molecule has 7 heteroatoms. The summed E-state index contributed by atoms with van der Waals surface area (Å²) in [6, 6.07) is 5.53. The first kappa shape index (κ1) is 15.3. The van der Waals surface area contributed by atoms with Crippen molar-refractivity contribution in [3.8, 4) is 0 Å². The summed E-state index contributed by atoms with van der Waals surface area (Å²) in [6.45, 7) is 3.22. The Balaban J connectivity index is 0. The van der Waals surface area contributed by atoms with Gasteiger partial charge in [-0.05, 0) is 18.2 Å². The van der Waals surface area contributed by atoms with Gasteiger partial charge in [0.15, 0.2) is 0 Å². The molecule has 0 bridgehead atoms. The minimum absolute atomic E-state index is 0. The number of hydrogen-bond donors (Lipinski definition) is 2. The first-order valence-corrected chi connectivity index (χ1v) is 5.39. The molecule has 0 atom stereocenters. The minimum atomic E-state index is -4.34. The number of hydrogen-bond acceptors (Lipinski definition) is 3. The molecule has 82 valence electrons. The first-order chi connectivity index (χ1) is 6.95. The van der Waals surface area contributed by atoms with E-state index in [-0.39, 0.29) is 41.6 Å². The molecule has 1 aromatic rings. The molecule has 0 unspecified atom stereocenters. The van der Waals surface area contributed by atoms with Gasteiger partial charge < -0.3 is 6.74 Å². The molecular formula is C9H10NNaO4S. The van der Waals surface area contributed by atoms with Gasteiger partial charge in [0, 0.05) is 0 Å². The largest absolute Gasteiger partial charge is 1.00 e. The Bertz CT molecular complexity index is 503. The Morgan fingerprint density at radius 1 is 1.44 bits per heavy atom. The standard InChI is InChI=1S/C9H9NO4S.Na.H/c1-2-9(11)10-7-5-3-4-6-8(7)15(12,13)14;;/h2-6H,1H2,(H,10,11)(H,12,13,14);;/q;+1;-1. The van der Waals surface area contributed by atoms with Crippen LogP contribution in [-0.4, -0.2) is 18.9 Å². The monoisotopic (exact) mass is 251 g/mol. The number of nitrogens with one attached hydrogen (secondary N) is 1. The average Bonchev–Trinajstić information content (AvgIpc) is 2.17. The number of rotatable bonds is 3. The Hall–Kier alpha value is -0.660. The van der Waals surface area contributed by atoms with Crippen LogP contribution in [0.1, 0.15) is 1.43 Å². The van der Waals surface area contributed by atoms with Crippen molar-refractivity contribution in [3.05, 3.63) is 36.9 Å². The summed E-state index contributed by atoms with van der Waals surface area (Å²) in [6.07, 6.45) is 1.00. The van der Waals surface area contributed by atoms with Crippen LogP contribution >= 0.6 is 0 Å². The van der Waals surface area contributed by atoms with Crippen LogP contribution in [0, 0.1) is 0 Å². The van der Waals surface area contributed by atoms with E-state index in [1.807, 2.05) is 0 Å². The number of benzene rings is 1. The van der Waals surface area contributed by atoms with Gasteiger partial charge in [0.2, 0.25) is 5.91 Å². The van der Waals surface area contributed by atoms with E-state index in [9.17, 15) is 13.2 Å². The number of anilines is 1. The summed E-state index contributed by atoms with van der Waals surface area (Å²) < 4.78 is 30.7. The number of para-hydroxylation sites is 1. The molecule has 16 heavy (non-hydrogen) atoms. The van der Waals surface area contributed by atoms with Gasteiger partial charge in [-0.1, -0.05) is 18.7 Å². The van der Waals surface area contributed by atoms with Crippen LogP contribution in [0.3, 0.4) is 0 Å².